The average Bonchev–Trinajstić information content (AvgIpc) is 2.52. The molecule has 0 aromatic heterocycles. The van der Waals surface area contributed by atoms with E-state index in [-0.39, 0.29) is 18.7 Å². The van der Waals surface area contributed by atoms with Gasteiger partial charge in [-0.3, -0.25) is 4.90 Å². The predicted molar refractivity (Wildman–Crippen MR) is 90.8 cm³/mol. The number of benzene rings is 2. The molecule has 0 spiro atoms. The van der Waals surface area contributed by atoms with Gasteiger partial charge < -0.3 is 9.84 Å². The monoisotopic (exact) mass is 427 g/mol. The molecule has 2 aromatic rings. The summed E-state index contributed by atoms with van der Waals surface area (Å²) in [5.41, 5.74) is 0.878. The van der Waals surface area contributed by atoms with Gasteiger partial charge in [-0.05, 0) is 35.4 Å². The van der Waals surface area contributed by atoms with E-state index in [0.717, 1.165) is 12.1 Å². The Kier molecular flexibility index (Phi) is 7.19. The highest BCUT2D eigenvalue weighted by molar-refractivity contribution is 6.30. The van der Waals surface area contributed by atoms with E-state index in [2.05, 4.69) is 4.74 Å². The highest BCUT2D eigenvalue weighted by Gasteiger charge is 2.39. The topological polar surface area (TPSA) is 32.7 Å². The van der Waals surface area contributed by atoms with Crippen molar-refractivity contribution in [3.05, 3.63) is 64.7 Å². The minimum Gasteiger partial charge on any atom is -0.406 e. The molecule has 1 unspecified atom stereocenters. The molecule has 2 aromatic carbocycles. The zero-order valence-corrected chi connectivity index (χ0v) is 15.0. The molecule has 0 aliphatic rings. The largest absolute Gasteiger partial charge is 0.573 e. The third-order valence-corrected chi connectivity index (χ3v) is 3.88. The second kappa shape index (κ2) is 9.02. The van der Waals surface area contributed by atoms with Crippen LogP contribution in [0.1, 0.15) is 11.1 Å². The molecule has 0 saturated heterocycles. The maximum Gasteiger partial charge on any atom is 0.573 e. The molecule has 28 heavy (non-hydrogen) atoms. The van der Waals surface area contributed by atoms with Crippen LogP contribution < -0.4 is 4.74 Å². The van der Waals surface area contributed by atoms with E-state index in [1.165, 1.54) is 17.0 Å². The molecular formula is C18H16ClF6NO2. The van der Waals surface area contributed by atoms with Crippen molar-refractivity contribution in [1.29, 1.82) is 0 Å². The molecule has 10 heteroatoms. The van der Waals surface area contributed by atoms with E-state index < -0.39 is 30.9 Å². The van der Waals surface area contributed by atoms with Crippen LogP contribution in [0, 0.1) is 0 Å². The SMILES string of the molecule is OC(CN(Cc1cccc(Cl)c1)Cc1cccc(OC(F)(F)F)c1)C(F)(F)F. The number of aliphatic hydroxyl groups excluding tert-OH is 1. The Bertz CT molecular complexity index is 781. The molecule has 1 N–H and O–H groups in total. The quantitative estimate of drug-likeness (QED) is 0.619. The van der Waals surface area contributed by atoms with Gasteiger partial charge in [0.15, 0.2) is 6.10 Å². The lowest BCUT2D eigenvalue weighted by molar-refractivity contribution is -0.274. The number of rotatable bonds is 7. The maximum absolute atomic E-state index is 12.8. The van der Waals surface area contributed by atoms with Crippen LogP contribution in [-0.2, 0) is 13.1 Å². The summed E-state index contributed by atoms with van der Waals surface area (Å²) in [6.45, 7) is -0.910. The van der Waals surface area contributed by atoms with Crippen molar-refractivity contribution in [3.8, 4) is 5.75 Å². The molecule has 0 saturated carbocycles. The number of hydrogen-bond acceptors (Lipinski definition) is 3. The summed E-state index contributed by atoms with van der Waals surface area (Å²) in [5, 5.41) is 9.79. The van der Waals surface area contributed by atoms with Crippen molar-refractivity contribution >= 4 is 11.6 Å². The molecule has 0 heterocycles. The molecule has 0 aliphatic carbocycles. The first kappa shape index (κ1) is 22.3. The normalized spacial score (nSPS) is 13.6. The predicted octanol–water partition coefficient (Wildman–Crippen LogP) is 5.16. The molecule has 154 valence electrons. The number of nitrogens with zero attached hydrogens (tertiary/aromatic N) is 1. The zero-order valence-electron chi connectivity index (χ0n) is 14.3. The molecule has 0 bridgehead atoms. The lowest BCUT2D eigenvalue weighted by atomic mass is 10.1. The number of ether oxygens (including phenoxy) is 1. The first-order valence-corrected chi connectivity index (χ1v) is 8.36. The Balaban J connectivity index is 2.20. The highest BCUT2D eigenvalue weighted by atomic mass is 35.5. The summed E-state index contributed by atoms with van der Waals surface area (Å²) in [4.78, 5) is 1.26. The van der Waals surface area contributed by atoms with E-state index >= 15 is 0 Å². The fraction of sp³-hybridized carbons (Fsp3) is 0.333. The van der Waals surface area contributed by atoms with Crippen LogP contribution in [0.25, 0.3) is 0 Å². The lowest BCUT2D eigenvalue weighted by Crippen LogP contribution is -2.40. The molecular weight excluding hydrogens is 412 g/mol. The van der Waals surface area contributed by atoms with Crippen LogP contribution in [0.4, 0.5) is 26.3 Å². The Labute approximate surface area is 162 Å². The van der Waals surface area contributed by atoms with E-state index in [1.807, 2.05) is 0 Å². The fourth-order valence-corrected chi connectivity index (χ4v) is 2.74. The van der Waals surface area contributed by atoms with Gasteiger partial charge in [-0.15, -0.1) is 13.2 Å². The molecule has 2 rings (SSSR count). The van der Waals surface area contributed by atoms with Gasteiger partial charge in [0.1, 0.15) is 5.75 Å². The summed E-state index contributed by atoms with van der Waals surface area (Å²) in [7, 11) is 0. The maximum atomic E-state index is 12.8. The van der Waals surface area contributed by atoms with Crippen LogP contribution in [0.15, 0.2) is 48.5 Å². The summed E-state index contributed by atoms with van der Waals surface area (Å²) in [5.74, 6) is -0.482. The Morgan fingerprint density at radius 3 is 2.04 bits per heavy atom. The van der Waals surface area contributed by atoms with Crippen molar-refractivity contribution in [2.45, 2.75) is 31.7 Å². The van der Waals surface area contributed by atoms with Crippen molar-refractivity contribution in [2.24, 2.45) is 0 Å². The third-order valence-electron chi connectivity index (χ3n) is 3.64. The van der Waals surface area contributed by atoms with Crippen molar-refractivity contribution in [2.75, 3.05) is 6.54 Å². The summed E-state index contributed by atoms with van der Waals surface area (Å²) in [6.07, 6.45) is -12.3. The Morgan fingerprint density at radius 2 is 1.50 bits per heavy atom. The van der Waals surface area contributed by atoms with Crippen LogP contribution in [0.3, 0.4) is 0 Å². The Hall–Kier alpha value is -1.97. The van der Waals surface area contributed by atoms with Crippen molar-refractivity contribution < 1.29 is 36.2 Å². The average molecular weight is 428 g/mol. The minimum absolute atomic E-state index is 0.00193. The van der Waals surface area contributed by atoms with Gasteiger partial charge in [0, 0.05) is 24.7 Å². The summed E-state index contributed by atoms with van der Waals surface area (Å²) >= 11 is 5.88. The van der Waals surface area contributed by atoms with Gasteiger partial charge >= 0.3 is 12.5 Å². The van der Waals surface area contributed by atoms with Gasteiger partial charge in [0.05, 0.1) is 0 Å². The third kappa shape index (κ3) is 7.57. The molecule has 0 aliphatic heterocycles. The zero-order chi connectivity index (χ0) is 20.9. The van der Waals surface area contributed by atoms with Crippen molar-refractivity contribution in [1.82, 2.24) is 4.90 Å². The summed E-state index contributed by atoms with van der Waals surface area (Å²) in [6, 6.07) is 11.3. The molecule has 0 fully saturated rings. The van der Waals surface area contributed by atoms with E-state index in [4.69, 9.17) is 11.6 Å². The van der Waals surface area contributed by atoms with Gasteiger partial charge in [0.25, 0.3) is 0 Å². The van der Waals surface area contributed by atoms with Gasteiger partial charge in [-0.25, -0.2) is 0 Å². The van der Waals surface area contributed by atoms with Gasteiger partial charge in [-0.2, -0.15) is 13.2 Å². The number of hydrogen-bond donors (Lipinski definition) is 1. The van der Waals surface area contributed by atoms with E-state index in [9.17, 15) is 31.4 Å². The smallest absolute Gasteiger partial charge is 0.406 e. The lowest BCUT2D eigenvalue weighted by Gasteiger charge is -2.26. The van der Waals surface area contributed by atoms with Gasteiger partial charge in [0.2, 0.25) is 0 Å². The first-order chi connectivity index (χ1) is 12.9. The first-order valence-electron chi connectivity index (χ1n) is 7.98. The fourth-order valence-electron chi connectivity index (χ4n) is 2.53. The van der Waals surface area contributed by atoms with Crippen LogP contribution in [0.5, 0.6) is 5.75 Å². The van der Waals surface area contributed by atoms with E-state index in [0.29, 0.717) is 10.6 Å². The second-order valence-corrected chi connectivity index (χ2v) is 6.49. The highest BCUT2D eigenvalue weighted by Crippen LogP contribution is 2.26. The number of aliphatic hydroxyl groups is 1. The molecule has 0 radical (unpaired) electrons. The van der Waals surface area contributed by atoms with Crippen LogP contribution in [-0.4, -0.2) is 35.2 Å². The number of halogens is 7. The van der Waals surface area contributed by atoms with E-state index in [1.54, 1.807) is 24.3 Å². The minimum atomic E-state index is -4.88. The van der Waals surface area contributed by atoms with Crippen LogP contribution in [0.2, 0.25) is 5.02 Å². The molecule has 0 amide bonds. The Morgan fingerprint density at radius 1 is 0.929 bits per heavy atom. The van der Waals surface area contributed by atoms with Crippen LogP contribution >= 0.6 is 11.6 Å². The number of alkyl halides is 6. The second-order valence-electron chi connectivity index (χ2n) is 6.05. The summed E-state index contributed by atoms with van der Waals surface area (Å²) < 4.78 is 79.2. The molecule has 1 atom stereocenters. The van der Waals surface area contributed by atoms with Gasteiger partial charge in [-0.1, -0.05) is 35.9 Å². The van der Waals surface area contributed by atoms with Crippen molar-refractivity contribution in [3.63, 3.8) is 0 Å². The standard InChI is InChI=1S/C18H16ClF6NO2/c19-14-5-1-3-12(7-14)9-26(11-16(27)17(20,21)22)10-13-4-2-6-15(8-13)28-18(23,24)25/h1-8,16,27H,9-11H2. The molecule has 3 nitrogen and oxygen atoms in total.